The van der Waals surface area contributed by atoms with Crippen LogP contribution in [-0.4, -0.2) is 20.4 Å². The Labute approximate surface area is 143 Å². The molecule has 0 saturated heterocycles. The van der Waals surface area contributed by atoms with Crippen LogP contribution in [0.1, 0.15) is 51.0 Å². The van der Waals surface area contributed by atoms with Gasteiger partial charge in [-0.25, -0.2) is 0 Å². The van der Waals surface area contributed by atoms with Crippen LogP contribution in [0.4, 0.5) is 0 Å². The van der Waals surface area contributed by atoms with E-state index >= 15 is 0 Å². The summed E-state index contributed by atoms with van der Waals surface area (Å²) in [4.78, 5) is 0.647. The van der Waals surface area contributed by atoms with Crippen LogP contribution in [0.15, 0.2) is 42.5 Å². The third kappa shape index (κ3) is 3.94. The first kappa shape index (κ1) is 16.5. The van der Waals surface area contributed by atoms with Gasteiger partial charge in [0.2, 0.25) is 0 Å². The number of hydrogen-bond acceptors (Lipinski definition) is 3. The van der Waals surface area contributed by atoms with Crippen LogP contribution >= 0.6 is 0 Å². The monoisotopic (exact) mass is 323 g/mol. The second-order valence-electron chi connectivity index (χ2n) is 6.36. The van der Waals surface area contributed by atoms with Gasteiger partial charge in [0.1, 0.15) is 11.0 Å². The molecule has 1 heterocycles. The van der Waals surface area contributed by atoms with Crippen molar-refractivity contribution in [1.29, 1.82) is 0 Å². The van der Waals surface area contributed by atoms with Crippen molar-refractivity contribution >= 4 is 11.0 Å². The zero-order valence-electron chi connectivity index (χ0n) is 14.3. The molecule has 0 spiro atoms. The molecule has 1 N–H and O–H groups in total. The van der Waals surface area contributed by atoms with Gasteiger partial charge in [-0.1, -0.05) is 75.4 Å². The van der Waals surface area contributed by atoms with Crippen molar-refractivity contribution in [1.82, 2.24) is 15.2 Å². The molecule has 0 atom stereocenters. The summed E-state index contributed by atoms with van der Waals surface area (Å²) in [5.74, 6) is 0. The fraction of sp³-hybridized carbons (Fsp3) is 0.400. The van der Waals surface area contributed by atoms with Crippen molar-refractivity contribution < 1.29 is 5.21 Å². The zero-order chi connectivity index (χ0) is 16.8. The van der Waals surface area contributed by atoms with Crippen molar-refractivity contribution in [2.75, 3.05) is 0 Å². The van der Waals surface area contributed by atoms with Gasteiger partial charge >= 0.3 is 0 Å². The number of aromatic nitrogens is 3. The number of rotatable bonds is 8. The SMILES string of the molecule is CCCCCCCCc1cccc(-c2cccc3nn(O)nc23)c1. The van der Waals surface area contributed by atoms with E-state index in [1.54, 1.807) is 0 Å². The Bertz CT molecular complexity index is 794. The summed E-state index contributed by atoms with van der Waals surface area (Å²) in [6.07, 6.45) is 9.00. The summed E-state index contributed by atoms with van der Waals surface area (Å²) in [6, 6.07) is 14.5. The lowest BCUT2D eigenvalue weighted by Crippen LogP contribution is -1.93. The average molecular weight is 323 g/mol. The molecule has 0 aliphatic rings. The van der Waals surface area contributed by atoms with Gasteiger partial charge in [-0.15, -0.1) is 10.2 Å². The molecule has 0 amide bonds. The minimum absolute atomic E-state index is 0.647. The van der Waals surface area contributed by atoms with Crippen molar-refractivity contribution in [2.24, 2.45) is 0 Å². The quantitative estimate of drug-likeness (QED) is 0.455. The molecule has 0 aliphatic heterocycles. The van der Waals surface area contributed by atoms with E-state index in [0.717, 1.165) is 23.1 Å². The summed E-state index contributed by atoms with van der Waals surface area (Å²) in [5, 5.41) is 17.5. The molecule has 3 aromatic rings. The van der Waals surface area contributed by atoms with Gasteiger partial charge in [-0.05, 0) is 35.0 Å². The van der Waals surface area contributed by atoms with Gasteiger partial charge < -0.3 is 5.21 Å². The van der Waals surface area contributed by atoms with E-state index in [2.05, 4.69) is 41.4 Å². The fourth-order valence-corrected chi connectivity index (χ4v) is 3.16. The predicted molar refractivity (Wildman–Crippen MR) is 97.2 cm³/mol. The Kier molecular flexibility index (Phi) is 5.47. The van der Waals surface area contributed by atoms with Crippen LogP contribution in [0.3, 0.4) is 0 Å². The topological polar surface area (TPSA) is 50.9 Å². The highest BCUT2D eigenvalue weighted by Gasteiger charge is 2.09. The van der Waals surface area contributed by atoms with Crippen molar-refractivity contribution in [2.45, 2.75) is 51.9 Å². The van der Waals surface area contributed by atoms with E-state index in [-0.39, 0.29) is 0 Å². The molecule has 0 bridgehead atoms. The van der Waals surface area contributed by atoms with Gasteiger partial charge in [-0.2, -0.15) is 0 Å². The minimum Gasteiger partial charge on any atom is -0.396 e. The maximum atomic E-state index is 9.48. The molecule has 4 heteroatoms. The molecule has 24 heavy (non-hydrogen) atoms. The molecule has 0 fully saturated rings. The van der Waals surface area contributed by atoms with Crippen LogP contribution < -0.4 is 0 Å². The largest absolute Gasteiger partial charge is 0.396 e. The molecular weight excluding hydrogens is 298 g/mol. The third-order valence-corrected chi connectivity index (χ3v) is 4.46. The van der Waals surface area contributed by atoms with E-state index in [1.165, 1.54) is 44.1 Å². The molecule has 2 aromatic carbocycles. The first-order valence-electron chi connectivity index (χ1n) is 8.92. The Balaban J connectivity index is 1.70. The third-order valence-electron chi connectivity index (χ3n) is 4.46. The minimum atomic E-state index is 0.647. The Morgan fingerprint density at radius 1 is 0.917 bits per heavy atom. The molecule has 126 valence electrons. The molecule has 0 saturated carbocycles. The van der Waals surface area contributed by atoms with E-state index in [9.17, 15) is 5.21 Å². The van der Waals surface area contributed by atoms with Crippen LogP contribution in [-0.2, 0) is 6.42 Å². The maximum Gasteiger partial charge on any atom is 0.124 e. The first-order valence-corrected chi connectivity index (χ1v) is 8.92. The summed E-state index contributed by atoms with van der Waals surface area (Å²) in [5.41, 5.74) is 4.94. The highest BCUT2D eigenvalue weighted by Crippen LogP contribution is 2.27. The lowest BCUT2D eigenvalue weighted by atomic mass is 9.99. The molecule has 0 unspecified atom stereocenters. The standard InChI is InChI=1S/C20H25N3O/c1-2-3-4-5-6-7-10-16-11-8-12-17(15-16)18-13-9-14-19-20(18)22-23(24)21-19/h8-9,11-15,24H,2-7,10H2,1H3. The molecule has 3 rings (SSSR count). The Morgan fingerprint density at radius 2 is 1.71 bits per heavy atom. The van der Waals surface area contributed by atoms with Crippen LogP contribution in [0.5, 0.6) is 0 Å². The highest BCUT2D eigenvalue weighted by atomic mass is 16.5. The van der Waals surface area contributed by atoms with Gasteiger partial charge in [0.15, 0.2) is 0 Å². The fourth-order valence-electron chi connectivity index (χ4n) is 3.16. The van der Waals surface area contributed by atoms with Crippen molar-refractivity contribution in [3.8, 4) is 11.1 Å². The maximum absolute atomic E-state index is 9.48. The summed E-state index contributed by atoms with van der Waals surface area (Å²) >= 11 is 0. The van der Waals surface area contributed by atoms with E-state index in [4.69, 9.17) is 0 Å². The molecule has 0 radical (unpaired) electrons. The summed E-state index contributed by atoms with van der Waals surface area (Å²) in [7, 11) is 0. The number of fused-ring (bicyclic) bond motifs is 1. The van der Waals surface area contributed by atoms with Gasteiger partial charge in [0, 0.05) is 5.56 Å². The molecule has 1 aromatic heterocycles. The predicted octanol–water partition coefficient (Wildman–Crippen LogP) is 5.24. The average Bonchev–Trinajstić information content (AvgIpc) is 2.98. The number of unbranched alkanes of at least 4 members (excludes halogenated alkanes) is 5. The smallest absolute Gasteiger partial charge is 0.124 e. The number of hydrogen-bond donors (Lipinski definition) is 1. The van der Waals surface area contributed by atoms with Crippen LogP contribution in [0, 0.1) is 0 Å². The van der Waals surface area contributed by atoms with Gasteiger partial charge in [0.25, 0.3) is 0 Å². The van der Waals surface area contributed by atoms with Gasteiger partial charge in [-0.3, -0.25) is 0 Å². The van der Waals surface area contributed by atoms with Crippen molar-refractivity contribution in [3.05, 3.63) is 48.0 Å². The van der Waals surface area contributed by atoms with Crippen LogP contribution in [0.2, 0.25) is 0 Å². The summed E-state index contributed by atoms with van der Waals surface area (Å²) in [6.45, 7) is 2.25. The normalized spacial score (nSPS) is 11.2. The Morgan fingerprint density at radius 3 is 2.58 bits per heavy atom. The second kappa shape index (κ2) is 7.95. The van der Waals surface area contributed by atoms with Gasteiger partial charge in [0.05, 0.1) is 0 Å². The number of benzene rings is 2. The Hall–Kier alpha value is -2.36. The first-order chi connectivity index (χ1) is 11.8. The molecule has 0 aliphatic carbocycles. The summed E-state index contributed by atoms with van der Waals surface area (Å²) < 4.78 is 0. The zero-order valence-corrected chi connectivity index (χ0v) is 14.3. The second-order valence-corrected chi connectivity index (χ2v) is 6.36. The molecule has 4 nitrogen and oxygen atoms in total. The van der Waals surface area contributed by atoms with E-state index in [1.807, 2.05) is 18.2 Å². The number of nitrogens with zero attached hydrogens (tertiary/aromatic N) is 3. The van der Waals surface area contributed by atoms with Crippen LogP contribution in [0.25, 0.3) is 22.2 Å². The van der Waals surface area contributed by atoms with E-state index in [0.29, 0.717) is 10.5 Å². The lowest BCUT2D eigenvalue weighted by molar-refractivity contribution is 0.113. The highest BCUT2D eigenvalue weighted by molar-refractivity contribution is 5.91. The van der Waals surface area contributed by atoms with E-state index < -0.39 is 0 Å². The lowest BCUT2D eigenvalue weighted by Gasteiger charge is -2.06. The van der Waals surface area contributed by atoms with Crippen molar-refractivity contribution in [3.63, 3.8) is 0 Å². The number of aryl methyl sites for hydroxylation is 1. The molecular formula is C20H25N3O.